The molecule has 0 amide bonds. The molecule has 2 heterocycles. The van der Waals surface area contributed by atoms with Gasteiger partial charge in [0.2, 0.25) is 0 Å². The van der Waals surface area contributed by atoms with E-state index >= 15 is 0 Å². The van der Waals surface area contributed by atoms with E-state index in [0.29, 0.717) is 0 Å². The van der Waals surface area contributed by atoms with Crippen molar-refractivity contribution >= 4 is 33.9 Å². The van der Waals surface area contributed by atoms with Gasteiger partial charge in [-0.05, 0) is 24.3 Å². The zero-order chi connectivity index (χ0) is 10.8. The second-order valence-corrected chi connectivity index (χ2v) is 4.70. The molecule has 1 aliphatic heterocycles. The predicted octanol–water partition coefficient (Wildman–Crippen LogP) is 3.59. The van der Waals surface area contributed by atoms with Crippen LogP contribution in [0.15, 0.2) is 45.8 Å². The molecule has 0 atom stereocenters. The van der Waals surface area contributed by atoms with Gasteiger partial charge in [0, 0.05) is 17.7 Å². The minimum atomic E-state index is 0.886. The van der Waals surface area contributed by atoms with Crippen molar-refractivity contribution in [3.05, 3.63) is 42.2 Å². The van der Waals surface area contributed by atoms with Crippen LogP contribution in [-0.2, 0) is 0 Å². The molecule has 16 heavy (non-hydrogen) atoms. The molecular weight excluding hydrogens is 218 g/mol. The fraction of sp³-hybridized carbons (Fsp3) is 0.154. The third kappa shape index (κ3) is 1.91. The van der Waals surface area contributed by atoms with Crippen LogP contribution in [0, 0.1) is 0 Å². The molecule has 3 rings (SSSR count). The van der Waals surface area contributed by atoms with Crippen molar-refractivity contribution in [2.45, 2.75) is 0 Å². The molecule has 80 valence electrons. The van der Waals surface area contributed by atoms with Gasteiger partial charge in [0.05, 0.1) is 5.04 Å². The summed E-state index contributed by atoms with van der Waals surface area (Å²) >= 11 is 1.79. The lowest BCUT2D eigenvalue weighted by molar-refractivity contribution is 0.604. The maximum Gasteiger partial charge on any atom is 0.134 e. The molecule has 0 N–H and O–H groups in total. The van der Waals surface area contributed by atoms with Gasteiger partial charge in [-0.3, -0.25) is 4.99 Å². The summed E-state index contributed by atoms with van der Waals surface area (Å²) in [6.45, 7) is 0.935. The molecule has 3 heteroatoms. The van der Waals surface area contributed by atoms with Crippen molar-refractivity contribution in [1.29, 1.82) is 0 Å². The van der Waals surface area contributed by atoms with Crippen molar-refractivity contribution in [3.63, 3.8) is 0 Å². The second-order valence-electron chi connectivity index (χ2n) is 3.59. The number of fused-ring (bicyclic) bond motifs is 1. The van der Waals surface area contributed by atoms with Gasteiger partial charge >= 0.3 is 0 Å². The first-order chi connectivity index (χ1) is 7.92. The average Bonchev–Trinajstić information content (AvgIpc) is 2.95. The number of thioether (sulfide) groups is 1. The molecule has 0 bridgehead atoms. The molecule has 0 aliphatic carbocycles. The first kappa shape index (κ1) is 9.73. The molecule has 1 aromatic heterocycles. The fourth-order valence-electron chi connectivity index (χ4n) is 1.69. The van der Waals surface area contributed by atoms with E-state index in [1.807, 2.05) is 36.4 Å². The first-order valence-corrected chi connectivity index (χ1v) is 6.24. The van der Waals surface area contributed by atoms with E-state index in [2.05, 4.69) is 11.1 Å². The Balaban J connectivity index is 1.89. The molecular formula is C13H11NOS. The molecule has 0 saturated heterocycles. The van der Waals surface area contributed by atoms with Crippen LogP contribution < -0.4 is 0 Å². The summed E-state index contributed by atoms with van der Waals surface area (Å²) in [5.41, 5.74) is 0.933. The minimum Gasteiger partial charge on any atom is -0.457 e. The molecule has 0 fully saturated rings. The van der Waals surface area contributed by atoms with E-state index in [9.17, 15) is 0 Å². The van der Waals surface area contributed by atoms with E-state index in [0.717, 1.165) is 34.1 Å². The topological polar surface area (TPSA) is 25.5 Å². The molecule has 1 aliphatic rings. The van der Waals surface area contributed by atoms with Crippen molar-refractivity contribution in [2.24, 2.45) is 4.99 Å². The summed E-state index contributed by atoms with van der Waals surface area (Å²) in [5, 5.41) is 2.24. The third-order valence-corrected chi connectivity index (χ3v) is 3.39. The Labute approximate surface area is 98.1 Å². The van der Waals surface area contributed by atoms with Crippen LogP contribution in [-0.4, -0.2) is 17.3 Å². The first-order valence-electron chi connectivity index (χ1n) is 5.26. The minimum absolute atomic E-state index is 0.886. The summed E-state index contributed by atoms with van der Waals surface area (Å²) in [6.07, 6.45) is 4.01. The van der Waals surface area contributed by atoms with E-state index in [4.69, 9.17) is 4.42 Å². The SMILES string of the molecule is C(=C\c1cc2ccccc2o1)/C1=NCCS1. The van der Waals surface area contributed by atoms with Crippen LogP contribution in [0.4, 0.5) is 0 Å². The van der Waals surface area contributed by atoms with E-state index in [1.165, 1.54) is 0 Å². The number of aliphatic imine (C=N–C) groups is 1. The maximum absolute atomic E-state index is 5.68. The van der Waals surface area contributed by atoms with Crippen LogP contribution >= 0.6 is 11.8 Å². The van der Waals surface area contributed by atoms with Gasteiger partial charge in [-0.2, -0.15) is 0 Å². The highest BCUT2D eigenvalue weighted by Gasteiger charge is 2.03. The molecule has 2 aromatic rings. The highest BCUT2D eigenvalue weighted by Crippen LogP contribution is 2.20. The summed E-state index contributed by atoms with van der Waals surface area (Å²) in [7, 11) is 0. The summed E-state index contributed by atoms with van der Waals surface area (Å²) in [5.74, 6) is 1.98. The lowest BCUT2D eigenvalue weighted by Gasteiger charge is -1.87. The largest absolute Gasteiger partial charge is 0.457 e. The normalized spacial score (nSPS) is 16.1. The predicted molar refractivity (Wildman–Crippen MR) is 70.0 cm³/mol. The Morgan fingerprint density at radius 1 is 1.25 bits per heavy atom. The molecule has 0 saturated carbocycles. The standard InChI is InChI=1S/C13H11NOS/c1-2-4-12-10(3-1)9-11(15-12)5-6-13-14-7-8-16-13/h1-6,9H,7-8H2/b6-5+. The molecule has 1 aromatic carbocycles. The van der Waals surface area contributed by atoms with Crippen LogP contribution in [0.25, 0.3) is 17.0 Å². The molecule has 0 unspecified atom stereocenters. The smallest absolute Gasteiger partial charge is 0.134 e. The lowest BCUT2D eigenvalue weighted by Crippen LogP contribution is -1.77. The quantitative estimate of drug-likeness (QED) is 0.786. The summed E-state index contributed by atoms with van der Waals surface area (Å²) in [4.78, 5) is 4.36. The van der Waals surface area contributed by atoms with Crippen molar-refractivity contribution in [1.82, 2.24) is 0 Å². The van der Waals surface area contributed by atoms with Gasteiger partial charge in [0.15, 0.2) is 0 Å². The number of rotatable bonds is 2. The van der Waals surface area contributed by atoms with E-state index in [-0.39, 0.29) is 0 Å². The van der Waals surface area contributed by atoms with E-state index < -0.39 is 0 Å². The Kier molecular flexibility index (Phi) is 2.54. The highest BCUT2D eigenvalue weighted by atomic mass is 32.2. The zero-order valence-electron chi connectivity index (χ0n) is 8.72. The second kappa shape index (κ2) is 4.18. The third-order valence-electron chi connectivity index (χ3n) is 2.44. The molecule has 0 spiro atoms. The van der Waals surface area contributed by atoms with Gasteiger partial charge < -0.3 is 4.42 Å². The molecule has 0 radical (unpaired) electrons. The van der Waals surface area contributed by atoms with Gasteiger partial charge in [-0.25, -0.2) is 0 Å². The summed E-state index contributed by atoms with van der Waals surface area (Å²) < 4.78 is 5.68. The number of furan rings is 1. The van der Waals surface area contributed by atoms with Crippen LogP contribution in [0.2, 0.25) is 0 Å². The van der Waals surface area contributed by atoms with Gasteiger partial charge in [0.25, 0.3) is 0 Å². The van der Waals surface area contributed by atoms with Crippen molar-refractivity contribution in [3.8, 4) is 0 Å². The zero-order valence-corrected chi connectivity index (χ0v) is 9.54. The van der Waals surface area contributed by atoms with Gasteiger partial charge in [-0.15, -0.1) is 11.8 Å². The fourth-order valence-corrected chi connectivity index (χ4v) is 2.43. The number of benzene rings is 1. The average molecular weight is 229 g/mol. The summed E-state index contributed by atoms with van der Waals surface area (Å²) in [6, 6.07) is 10.1. The van der Waals surface area contributed by atoms with E-state index in [1.54, 1.807) is 11.8 Å². The monoisotopic (exact) mass is 229 g/mol. The van der Waals surface area contributed by atoms with Crippen LogP contribution in [0.3, 0.4) is 0 Å². The Morgan fingerprint density at radius 2 is 2.19 bits per heavy atom. The van der Waals surface area contributed by atoms with Gasteiger partial charge in [-0.1, -0.05) is 18.2 Å². The van der Waals surface area contributed by atoms with Gasteiger partial charge in [0.1, 0.15) is 11.3 Å². The number of para-hydroxylation sites is 1. The van der Waals surface area contributed by atoms with Crippen molar-refractivity contribution in [2.75, 3.05) is 12.3 Å². The Bertz CT molecular complexity index is 535. The van der Waals surface area contributed by atoms with Crippen LogP contribution in [0.5, 0.6) is 0 Å². The maximum atomic E-state index is 5.68. The number of nitrogens with zero attached hydrogens (tertiary/aromatic N) is 1. The number of hydrogen-bond acceptors (Lipinski definition) is 3. The Hall–Kier alpha value is -1.48. The number of hydrogen-bond donors (Lipinski definition) is 0. The van der Waals surface area contributed by atoms with Crippen LogP contribution in [0.1, 0.15) is 5.76 Å². The lowest BCUT2D eigenvalue weighted by atomic mass is 10.2. The molecule has 2 nitrogen and oxygen atoms in total. The Morgan fingerprint density at radius 3 is 3.00 bits per heavy atom. The highest BCUT2D eigenvalue weighted by molar-refractivity contribution is 8.14. The van der Waals surface area contributed by atoms with Crippen molar-refractivity contribution < 1.29 is 4.42 Å².